The van der Waals surface area contributed by atoms with Gasteiger partial charge < -0.3 is 5.73 Å². The Kier molecular flexibility index (Phi) is 3.70. The first kappa shape index (κ1) is 11.3. The third kappa shape index (κ3) is 2.31. The Hall–Kier alpha value is -1.19. The molecule has 1 heterocycles. The fourth-order valence-corrected chi connectivity index (χ4v) is 2.49. The second kappa shape index (κ2) is 5.23. The van der Waals surface area contributed by atoms with E-state index in [0.29, 0.717) is 6.54 Å². The molecule has 2 aromatic rings. The molecule has 0 saturated carbocycles. The minimum Gasteiger partial charge on any atom is -0.330 e. The first-order chi connectivity index (χ1) is 7.85. The summed E-state index contributed by atoms with van der Waals surface area (Å²) in [5.41, 5.74) is 11.1. The van der Waals surface area contributed by atoms with Crippen LogP contribution in [0.15, 0.2) is 29.8 Å². The Balaban J connectivity index is 2.27. The lowest BCUT2D eigenvalue weighted by molar-refractivity contribution is 0.969. The van der Waals surface area contributed by atoms with E-state index < -0.39 is 0 Å². The molecule has 0 atom stereocenters. The molecular formula is C13H16N2S. The molecule has 0 aliphatic heterocycles. The van der Waals surface area contributed by atoms with Gasteiger partial charge >= 0.3 is 0 Å². The van der Waals surface area contributed by atoms with Crippen LogP contribution in [0.5, 0.6) is 0 Å². The Morgan fingerprint density at radius 1 is 1.25 bits per heavy atom. The third-order valence-electron chi connectivity index (χ3n) is 2.62. The number of nitrogens with zero attached hydrogens (tertiary/aromatic N) is 1. The molecule has 0 bridgehead atoms. The van der Waals surface area contributed by atoms with Crippen LogP contribution in [0.4, 0.5) is 0 Å². The highest BCUT2D eigenvalue weighted by molar-refractivity contribution is 7.10. The molecular weight excluding hydrogens is 216 g/mol. The van der Waals surface area contributed by atoms with Crippen molar-refractivity contribution < 1.29 is 0 Å². The van der Waals surface area contributed by atoms with Crippen molar-refractivity contribution in [3.05, 3.63) is 40.2 Å². The molecule has 0 aliphatic carbocycles. The highest BCUT2D eigenvalue weighted by atomic mass is 32.1. The second-order valence-corrected chi connectivity index (χ2v) is 4.65. The van der Waals surface area contributed by atoms with Crippen LogP contribution in [-0.4, -0.2) is 11.5 Å². The fraction of sp³-hybridized carbons (Fsp3) is 0.308. The van der Waals surface area contributed by atoms with E-state index in [0.717, 1.165) is 18.5 Å². The van der Waals surface area contributed by atoms with Crippen LogP contribution in [0.3, 0.4) is 0 Å². The van der Waals surface area contributed by atoms with Gasteiger partial charge in [-0.05, 0) is 24.9 Å². The predicted octanol–water partition coefficient (Wildman–Crippen LogP) is 2.87. The molecule has 84 valence electrons. The van der Waals surface area contributed by atoms with Gasteiger partial charge in [0.2, 0.25) is 0 Å². The average Bonchev–Trinajstić information content (AvgIpc) is 2.78. The lowest BCUT2D eigenvalue weighted by Crippen LogP contribution is -2.02. The summed E-state index contributed by atoms with van der Waals surface area (Å²) in [5, 5.41) is 0. The first-order valence-corrected chi connectivity index (χ1v) is 6.45. The van der Waals surface area contributed by atoms with Crippen molar-refractivity contribution in [1.82, 2.24) is 4.98 Å². The highest BCUT2D eigenvalue weighted by Crippen LogP contribution is 2.25. The van der Waals surface area contributed by atoms with Crippen molar-refractivity contribution in [3.8, 4) is 11.3 Å². The molecule has 1 aromatic heterocycles. The maximum Gasteiger partial charge on any atom is 0.0843 e. The van der Waals surface area contributed by atoms with E-state index in [1.807, 2.05) is 5.51 Å². The number of hydrogen-bond donors (Lipinski definition) is 1. The minimum atomic E-state index is 0.705. The molecule has 2 rings (SSSR count). The Morgan fingerprint density at radius 3 is 2.62 bits per heavy atom. The molecule has 2 N–H and O–H groups in total. The molecule has 16 heavy (non-hydrogen) atoms. The van der Waals surface area contributed by atoms with Gasteiger partial charge in [-0.3, -0.25) is 0 Å². The molecule has 0 spiro atoms. The summed E-state index contributed by atoms with van der Waals surface area (Å²) in [7, 11) is 0. The van der Waals surface area contributed by atoms with Gasteiger partial charge in [-0.1, -0.05) is 31.2 Å². The van der Waals surface area contributed by atoms with Gasteiger partial charge in [-0.2, -0.15) is 0 Å². The van der Waals surface area contributed by atoms with E-state index in [2.05, 4.69) is 36.2 Å². The SMILES string of the molecule is CCc1scnc1-c1ccc(CCN)cc1. The molecule has 3 heteroatoms. The Labute approximate surface area is 100 Å². The van der Waals surface area contributed by atoms with E-state index in [9.17, 15) is 0 Å². The van der Waals surface area contributed by atoms with Gasteiger partial charge in [-0.15, -0.1) is 11.3 Å². The zero-order valence-corrected chi connectivity index (χ0v) is 10.3. The van der Waals surface area contributed by atoms with Gasteiger partial charge in [0.25, 0.3) is 0 Å². The summed E-state index contributed by atoms with van der Waals surface area (Å²) < 4.78 is 0. The average molecular weight is 232 g/mol. The number of aryl methyl sites for hydroxylation is 1. The molecule has 0 radical (unpaired) electrons. The molecule has 0 saturated heterocycles. The van der Waals surface area contributed by atoms with Crippen LogP contribution in [0.1, 0.15) is 17.4 Å². The zero-order chi connectivity index (χ0) is 11.4. The lowest BCUT2D eigenvalue weighted by Gasteiger charge is -2.02. The van der Waals surface area contributed by atoms with Gasteiger partial charge in [-0.25, -0.2) is 4.98 Å². The van der Waals surface area contributed by atoms with Gasteiger partial charge in [0.15, 0.2) is 0 Å². The van der Waals surface area contributed by atoms with Crippen molar-refractivity contribution in [1.29, 1.82) is 0 Å². The highest BCUT2D eigenvalue weighted by Gasteiger charge is 2.06. The summed E-state index contributed by atoms with van der Waals surface area (Å²) in [6.45, 7) is 2.87. The maximum atomic E-state index is 5.53. The number of rotatable bonds is 4. The normalized spacial score (nSPS) is 10.6. The predicted molar refractivity (Wildman–Crippen MR) is 69.7 cm³/mol. The van der Waals surface area contributed by atoms with Gasteiger partial charge in [0.05, 0.1) is 11.2 Å². The number of benzene rings is 1. The molecule has 2 nitrogen and oxygen atoms in total. The van der Waals surface area contributed by atoms with Crippen LogP contribution in [0.2, 0.25) is 0 Å². The van der Waals surface area contributed by atoms with Crippen molar-refractivity contribution in [3.63, 3.8) is 0 Å². The summed E-state index contributed by atoms with van der Waals surface area (Å²) >= 11 is 1.73. The topological polar surface area (TPSA) is 38.9 Å². The second-order valence-electron chi connectivity index (χ2n) is 3.71. The standard InChI is InChI=1S/C13H16N2S/c1-2-12-13(15-9-16-12)11-5-3-10(4-6-11)7-8-14/h3-6,9H,2,7-8,14H2,1H3. The number of hydrogen-bond acceptors (Lipinski definition) is 3. The quantitative estimate of drug-likeness (QED) is 0.880. The first-order valence-electron chi connectivity index (χ1n) is 5.57. The van der Waals surface area contributed by atoms with Crippen LogP contribution in [0, 0.1) is 0 Å². The summed E-state index contributed by atoms with van der Waals surface area (Å²) in [6, 6.07) is 8.56. The van der Waals surface area contributed by atoms with E-state index in [4.69, 9.17) is 5.73 Å². The monoisotopic (exact) mass is 232 g/mol. The maximum absolute atomic E-state index is 5.53. The van der Waals surface area contributed by atoms with E-state index in [1.54, 1.807) is 11.3 Å². The Morgan fingerprint density at radius 2 is 2.00 bits per heavy atom. The van der Waals surface area contributed by atoms with Crippen molar-refractivity contribution in [2.45, 2.75) is 19.8 Å². The summed E-state index contributed by atoms with van der Waals surface area (Å²) in [4.78, 5) is 5.78. The van der Waals surface area contributed by atoms with E-state index >= 15 is 0 Å². The number of nitrogens with two attached hydrogens (primary N) is 1. The number of aromatic nitrogens is 1. The third-order valence-corrected chi connectivity index (χ3v) is 3.60. The summed E-state index contributed by atoms with van der Waals surface area (Å²) in [6.07, 6.45) is 1.99. The molecule has 0 aliphatic rings. The molecule has 0 fully saturated rings. The zero-order valence-electron chi connectivity index (χ0n) is 9.44. The smallest absolute Gasteiger partial charge is 0.0843 e. The summed E-state index contributed by atoms with van der Waals surface area (Å²) in [5.74, 6) is 0. The van der Waals surface area contributed by atoms with E-state index in [-0.39, 0.29) is 0 Å². The van der Waals surface area contributed by atoms with Crippen LogP contribution < -0.4 is 5.73 Å². The van der Waals surface area contributed by atoms with Crippen LogP contribution in [-0.2, 0) is 12.8 Å². The van der Waals surface area contributed by atoms with Crippen molar-refractivity contribution >= 4 is 11.3 Å². The molecule has 1 aromatic carbocycles. The van der Waals surface area contributed by atoms with E-state index in [1.165, 1.54) is 16.0 Å². The minimum absolute atomic E-state index is 0.705. The molecule has 0 unspecified atom stereocenters. The largest absolute Gasteiger partial charge is 0.330 e. The fourth-order valence-electron chi connectivity index (χ4n) is 1.75. The van der Waals surface area contributed by atoms with Crippen molar-refractivity contribution in [2.24, 2.45) is 5.73 Å². The van der Waals surface area contributed by atoms with Crippen LogP contribution in [0.25, 0.3) is 11.3 Å². The lowest BCUT2D eigenvalue weighted by atomic mass is 10.1. The number of thiazole rings is 1. The van der Waals surface area contributed by atoms with Crippen molar-refractivity contribution in [2.75, 3.05) is 6.54 Å². The van der Waals surface area contributed by atoms with Crippen LogP contribution >= 0.6 is 11.3 Å². The van der Waals surface area contributed by atoms with Gasteiger partial charge in [0, 0.05) is 10.4 Å². The Bertz CT molecular complexity index is 445. The van der Waals surface area contributed by atoms with Gasteiger partial charge in [0.1, 0.15) is 0 Å². The molecule has 0 amide bonds.